The van der Waals surface area contributed by atoms with Crippen molar-refractivity contribution >= 4 is 6.03 Å². The lowest BCUT2D eigenvalue weighted by molar-refractivity contribution is 0.171. The van der Waals surface area contributed by atoms with E-state index in [1.54, 1.807) is 18.2 Å². The summed E-state index contributed by atoms with van der Waals surface area (Å²) in [6.45, 7) is 3.58. The standard InChI is InChI=1S/C18H22N2O4/c1-13(10-15-4-3-7-22-15)19-18(21)20(2)12-14-5-6-16-17(11-14)24-9-8-23-16/h3-7,11,13H,8-10,12H2,1-2H3,(H,19,21)/t13-/m1/s1. The second kappa shape index (κ2) is 7.29. The van der Waals surface area contributed by atoms with E-state index in [4.69, 9.17) is 13.9 Å². The van der Waals surface area contributed by atoms with E-state index in [1.807, 2.05) is 37.3 Å². The van der Waals surface area contributed by atoms with Crippen molar-refractivity contribution in [3.63, 3.8) is 0 Å². The van der Waals surface area contributed by atoms with Gasteiger partial charge in [-0.15, -0.1) is 0 Å². The van der Waals surface area contributed by atoms with Crippen LogP contribution in [-0.4, -0.2) is 37.2 Å². The zero-order chi connectivity index (χ0) is 16.9. The third-order valence-corrected chi connectivity index (χ3v) is 3.83. The first-order valence-electron chi connectivity index (χ1n) is 8.04. The average molecular weight is 330 g/mol. The average Bonchev–Trinajstić information content (AvgIpc) is 3.07. The first-order chi connectivity index (χ1) is 11.6. The molecule has 1 aromatic carbocycles. The Morgan fingerprint density at radius 2 is 2.04 bits per heavy atom. The smallest absolute Gasteiger partial charge is 0.317 e. The third-order valence-electron chi connectivity index (χ3n) is 3.83. The van der Waals surface area contributed by atoms with Crippen LogP contribution in [0.4, 0.5) is 4.79 Å². The van der Waals surface area contributed by atoms with Crippen molar-refractivity contribution in [2.45, 2.75) is 25.9 Å². The van der Waals surface area contributed by atoms with Crippen LogP contribution in [0.5, 0.6) is 11.5 Å². The summed E-state index contributed by atoms with van der Waals surface area (Å²) in [6, 6.07) is 9.37. The summed E-state index contributed by atoms with van der Waals surface area (Å²) in [4.78, 5) is 13.9. The fourth-order valence-corrected chi connectivity index (χ4v) is 2.63. The van der Waals surface area contributed by atoms with Crippen LogP contribution in [0.3, 0.4) is 0 Å². The van der Waals surface area contributed by atoms with Gasteiger partial charge in [0, 0.05) is 26.1 Å². The maximum absolute atomic E-state index is 12.3. The molecule has 1 aliphatic rings. The Morgan fingerprint density at radius 3 is 2.79 bits per heavy atom. The number of nitrogens with zero attached hydrogens (tertiary/aromatic N) is 1. The van der Waals surface area contributed by atoms with Crippen LogP contribution in [0.2, 0.25) is 0 Å². The molecule has 0 spiro atoms. The highest BCUT2D eigenvalue weighted by molar-refractivity contribution is 5.74. The van der Waals surface area contributed by atoms with Crippen molar-refractivity contribution in [2.75, 3.05) is 20.3 Å². The van der Waals surface area contributed by atoms with E-state index in [2.05, 4.69) is 5.32 Å². The van der Waals surface area contributed by atoms with Crippen LogP contribution in [0.1, 0.15) is 18.2 Å². The molecule has 0 unspecified atom stereocenters. The maximum Gasteiger partial charge on any atom is 0.317 e. The first-order valence-corrected chi connectivity index (χ1v) is 8.04. The lowest BCUT2D eigenvalue weighted by atomic mass is 10.2. The largest absolute Gasteiger partial charge is 0.486 e. The van der Waals surface area contributed by atoms with Crippen molar-refractivity contribution in [1.29, 1.82) is 0 Å². The quantitative estimate of drug-likeness (QED) is 0.915. The number of ether oxygens (including phenoxy) is 2. The molecule has 0 bridgehead atoms. The fraction of sp³-hybridized carbons (Fsp3) is 0.389. The molecule has 0 saturated heterocycles. The monoisotopic (exact) mass is 330 g/mol. The molecule has 2 aromatic rings. The summed E-state index contributed by atoms with van der Waals surface area (Å²) in [7, 11) is 1.77. The van der Waals surface area contributed by atoms with Gasteiger partial charge < -0.3 is 24.1 Å². The molecule has 0 aliphatic carbocycles. The molecule has 0 saturated carbocycles. The Kier molecular flexibility index (Phi) is 4.93. The van der Waals surface area contributed by atoms with Crippen molar-refractivity contribution < 1.29 is 18.7 Å². The predicted octanol–water partition coefficient (Wildman–Crippen LogP) is 2.82. The van der Waals surface area contributed by atoms with E-state index in [0.717, 1.165) is 22.8 Å². The molecule has 2 heterocycles. The van der Waals surface area contributed by atoms with E-state index in [9.17, 15) is 4.79 Å². The molecule has 128 valence electrons. The SMILES string of the molecule is C[C@H](Cc1ccco1)NC(=O)N(C)Cc1ccc2c(c1)OCCO2. The summed E-state index contributed by atoms with van der Waals surface area (Å²) in [5.74, 6) is 2.35. The molecule has 2 amide bonds. The molecule has 0 radical (unpaired) electrons. The number of hydrogen-bond donors (Lipinski definition) is 1. The molecular weight excluding hydrogens is 308 g/mol. The highest BCUT2D eigenvalue weighted by atomic mass is 16.6. The van der Waals surface area contributed by atoms with Gasteiger partial charge in [0.1, 0.15) is 19.0 Å². The summed E-state index contributed by atoms with van der Waals surface area (Å²) >= 11 is 0. The molecule has 24 heavy (non-hydrogen) atoms. The van der Waals surface area contributed by atoms with E-state index in [0.29, 0.717) is 26.2 Å². The minimum atomic E-state index is -0.121. The van der Waals surface area contributed by atoms with Crippen LogP contribution in [-0.2, 0) is 13.0 Å². The summed E-state index contributed by atoms with van der Waals surface area (Å²) in [6.07, 6.45) is 2.30. The van der Waals surface area contributed by atoms with Gasteiger partial charge >= 0.3 is 6.03 Å². The van der Waals surface area contributed by atoms with Crippen molar-refractivity contribution in [1.82, 2.24) is 10.2 Å². The number of rotatable bonds is 5. The highest BCUT2D eigenvalue weighted by Crippen LogP contribution is 2.31. The molecule has 1 aromatic heterocycles. The molecule has 6 nitrogen and oxygen atoms in total. The fourth-order valence-electron chi connectivity index (χ4n) is 2.63. The number of benzene rings is 1. The summed E-state index contributed by atoms with van der Waals surface area (Å²) in [5, 5.41) is 2.97. The minimum Gasteiger partial charge on any atom is -0.486 e. The summed E-state index contributed by atoms with van der Waals surface area (Å²) in [5.41, 5.74) is 0.996. The van der Waals surface area contributed by atoms with Crippen LogP contribution in [0, 0.1) is 0 Å². The molecule has 3 rings (SSSR count). The number of fused-ring (bicyclic) bond motifs is 1. The lowest BCUT2D eigenvalue weighted by Gasteiger charge is -2.23. The zero-order valence-corrected chi connectivity index (χ0v) is 14.0. The first kappa shape index (κ1) is 16.2. The number of hydrogen-bond acceptors (Lipinski definition) is 4. The maximum atomic E-state index is 12.3. The van der Waals surface area contributed by atoms with Crippen LogP contribution in [0.15, 0.2) is 41.0 Å². The Morgan fingerprint density at radius 1 is 1.25 bits per heavy atom. The molecule has 1 aliphatic heterocycles. The highest BCUT2D eigenvalue weighted by Gasteiger charge is 2.16. The molecule has 0 fully saturated rings. The molecule has 1 atom stereocenters. The van der Waals surface area contributed by atoms with Gasteiger partial charge in [0.15, 0.2) is 11.5 Å². The number of urea groups is 1. The van der Waals surface area contributed by atoms with Gasteiger partial charge in [0.05, 0.1) is 6.26 Å². The van der Waals surface area contributed by atoms with Gasteiger partial charge in [-0.3, -0.25) is 0 Å². The van der Waals surface area contributed by atoms with Gasteiger partial charge in [-0.2, -0.15) is 0 Å². The number of nitrogens with one attached hydrogen (secondary N) is 1. The van der Waals surface area contributed by atoms with Gasteiger partial charge in [0.2, 0.25) is 0 Å². The second-order valence-corrected chi connectivity index (χ2v) is 5.97. The third kappa shape index (κ3) is 4.01. The number of furan rings is 1. The van der Waals surface area contributed by atoms with Crippen LogP contribution in [0.25, 0.3) is 0 Å². The predicted molar refractivity (Wildman–Crippen MR) is 89.3 cm³/mol. The van der Waals surface area contributed by atoms with Gasteiger partial charge in [-0.05, 0) is 36.8 Å². The van der Waals surface area contributed by atoms with Gasteiger partial charge in [0.25, 0.3) is 0 Å². The Labute approximate surface area is 141 Å². The van der Waals surface area contributed by atoms with E-state index >= 15 is 0 Å². The number of carbonyl (C=O) groups excluding carboxylic acids is 1. The Balaban J connectivity index is 1.54. The zero-order valence-electron chi connectivity index (χ0n) is 14.0. The lowest BCUT2D eigenvalue weighted by Crippen LogP contribution is -2.42. The van der Waals surface area contributed by atoms with Crippen molar-refractivity contribution in [3.05, 3.63) is 47.9 Å². The van der Waals surface area contributed by atoms with E-state index in [1.165, 1.54) is 0 Å². The van der Waals surface area contributed by atoms with Crippen LogP contribution < -0.4 is 14.8 Å². The van der Waals surface area contributed by atoms with E-state index < -0.39 is 0 Å². The molecule has 6 heteroatoms. The van der Waals surface area contributed by atoms with Gasteiger partial charge in [-0.1, -0.05) is 6.07 Å². The summed E-state index contributed by atoms with van der Waals surface area (Å²) < 4.78 is 16.4. The minimum absolute atomic E-state index is 0.00799. The molecule has 1 N–H and O–H groups in total. The van der Waals surface area contributed by atoms with Crippen molar-refractivity contribution in [3.8, 4) is 11.5 Å². The second-order valence-electron chi connectivity index (χ2n) is 5.97. The van der Waals surface area contributed by atoms with E-state index in [-0.39, 0.29) is 12.1 Å². The Bertz CT molecular complexity index is 684. The Hall–Kier alpha value is -2.63. The van der Waals surface area contributed by atoms with Gasteiger partial charge in [-0.25, -0.2) is 4.79 Å². The van der Waals surface area contributed by atoms with Crippen molar-refractivity contribution in [2.24, 2.45) is 0 Å². The molecular formula is C18H22N2O4. The van der Waals surface area contributed by atoms with Crippen LogP contribution >= 0.6 is 0 Å². The number of carbonyl (C=O) groups is 1. The topological polar surface area (TPSA) is 63.9 Å². The normalized spacial score (nSPS) is 14.1. The number of amides is 2.